The Kier molecular flexibility index (Phi) is 3.93. The molecule has 0 amide bonds. The molecule has 16 heavy (non-hydrogen) atoms. The molecule has 2 atom stereocenters. The Bertz CT molecular complexity index is 346. The van der Waals surface area contributed by atoms with Crippen molar-refractivity contribution < 1.29 is 19.5 Å². The first-order valence-corrected chi connectivity index (χ1v) is 5.30. The van der Waals surface area contributed by atoms with Gasteiger partial charge in [-0.05, 0) is 20.8 Å². The Balaban J connectivity index is 3.04. The van der Waals surface area contributed by atoms with Gasteiger partial charge in [-0.15, -0.1) is 0 Å². The van der Waals surface area contributed by atoms with Gasteiger partial charge in [0.25, 0.3) is 0 Å². The van der Waals surface area contributed by atoms with Crippen LogP contribution in [0.25, 0.3) is 0 Å². The summed E-state index contributed by atoms with van der Waals surface area (Å²) in [5, 5.41) is 13.6. The van der Waals surface area contributed by atoms with Crippen molar-refractivity contribution in [2.45, 2.75) is 33.8 Å². The van der Waals surface area contributed by atoms with Gasteiger partial charge in [-0.2, -0.15) is 0 Å². The molecule has 0 aromatic carbocycles. The molecular formula is C11H17NO4. The number of aliphatic hydroxyl groups is 1. The van der Waals surface area contributed by atoms with Crippen molar-refractivity contribution in [2.24, 2.45) is 11.1 Å². The number of nitrogens with zero attached hydrogens (tertiary/aromatic N) is 1. The highest BCUT2D eigenvalue weighted by Crippen LogP contribution is 2.26. The molecule has 0 fully saturated rings. The molecule has 1 aliphatic rings. The minimum Gasteiger partial charge on any atom is -0.511 e. The van der Waals surface area contributed by atoms with Crippen molar-refractivity contribution in [1.82, 2.24) is 0 Å². The predicted molar refractivity (Wildman–Crippen MR) is 59.1 cm³/mol. The second kappa shape index (κ2) is 5.01. The molecule has 1 aliphatic heterocycles. The Morgan fingerprint density at radius 3 is 2.75 bits per heavy atom. The molecule has 5 nitrogen and oxygen atoms in total. The topological polar surface area (TPSA) is 68.1 Å². The van der Waals surface area contributed by atoms with Gasteiger partial charge in [0.15, 0.2) is 0 Å². The van der Waals surface area contributed by atoms with E-state index >= 15 is 0 Å². The van der Waals surface area contributed by atoms with E-state index < -0.39 is 5.97 Å². The summed E-state index contributed by atoms with van der Waals surface area (Å²) in [6.07, 6.45) is -0.323. The first-order chi connectivity index (χ1) is 7.49. The van der Waals surface area contributed by atoms with Crippen LogP contribution in [0.3, 0.4) is 0 Å². The molecule has 1 rings (SSSR count). The summed E-state index contributed by atoms with van der Waals surface area (Å²) in [4.78, 5) is 16.4. The van der Waals surface area contributed by atoms with Crippen LogP contribution in [0.1, 0.15) is 27.7 Å². The van der Waals surface area contributed by atoms with E-state index in [0.29, 0.717) is 12.3 Å². The smallest absolute Gasteiger partial charge is 0.343 e. The summed E-state index contributed by atoms with van der Waals surface area (Å²) in [5.41, 5.74) is 0.446. The normalized spacial score (nSPS) is 26.8. The average molecular weight is 227 g/mol. The van der Waals surface area contributed by atoms with Gasteiger partial charge in [0.2, 0.25) is 0 Å². The fourth-order valence-electron chi connectivity index (χ4n) is 1.42. The minimum absolute atomic E-state index is 0.0182. The average Bonchev–Trinajstić information content (AvgIpc) is 2.23. The maximum Gasteiger partial charge on any atom is 0.343 e. The highest BCUT2D eigenvalue weighted by molar-refractivity contribution is 6.19. The zero-order chi connectivity index (χ0) is 12.3. The number of rotatable bonds is 3. The van der Waals surface area contributed by atoms with Crippen LogP contribution in [-0.4, -0.2) is 29.5 Å². The summed E-state index contributed by atoms with van der Waals surface area (Å²) in [7, 11) is 0. The number of hydrogen-bond donors (Lipinski definition) is 1. The van der Waals surface area contributed by atoms with Crippen LogP contribution < -0.4 is 0 Å². The van der Waals surface area contributed by atoms with Crippen LogP contribution in [0.2, 0.25) is 0 Å². The van der Waals surface area contributed by atoms with Crippen LogP contribution in [0, 0.1) is 5.92 Å². The lowest BCUT2D eigenvalue weighted by Crippen LogP contribution is -2.33. The van der Waals surface area contributed by atoms with E-state index in [4.69, 9.17) is 9.57 Å². The molecule has 0 saturated carbocycles. The SMILES string of the molecule is CCON=C(C)C1=C(O)C(C)C(C)OC1=O. The maximum absolute atomic E-state index is 11.6. The van der Waals surface area contributed by atoms with Crippen molar-refractivity contribution in [3.05, 3.63) is 11.3 Å². The second-order valence-electron chi connectivity index (χ2n) is 3.75. The molecular weight excluding hydrogens is 210 g/mol. The zero-order valence-electron chi connectivity index (χ0n) is 9.98. The molecule has 0 bridgehead atoms. The molecule has 90 valence electrons. The van der Waals surface area contributed by atoms with Gasteiger partial charge in [-0.25, -0.2) is 4.79 Å². The molecule has 0 radical (unpaired) electrons. The van der Waals surface area contributed by atoms with E-state index in [-0.39, 0.29) is 23.4 Å². The Morgan fingerprint density at radius 1 is 1.56 bits per heavy atom. The van der Waals surface area contributed by atoms with Crippen molar-refractivity contribution >= 4 is 11.7 Å². The molecule has 0 aromatic heterocycles. The molecule has 0 spiro atoms. The van der Waals surface area contributed by atoms with E-state index in [2.05, 4.69) is 5.16 Å². The number of ether oxygens (including phenoxy) is 1. The van der Waals surface area contributed by atoms with E-state index in [0.717, 1.165) is 0 Å². The molecule has 2 unspecified atom stereocenters. The van der Waals surface area contributed by atoms with E-state index in [1.807, 2.05) is 0 Å². The van der Waals surface area contributed by atoms with Gasteiger partial charge in [0, 0.05) is 0 Å². The third-order valence-corrected chi connectivity index (χ3v) is 2.58. The van der Waals surface area contributed by atoms with E-state index in [1.54, 1.807) is 27.7 Å². The van der Waals surface area contributed by atoms with E-state index in [9.17, 15) is 9.90 Å². The molecule has 1 N–H and O–H groups in total. The van der Waals surface area contributed by atoms with Gasteiger partial charge in [-0.3, -0.25) is 0 Å². The fourth-order valence-corrected chi connectivity index (χ4v) is 1.42. The maximum atomic E-state index is 11.6. The van der Waals surface area contributed by atoms with Gasteiger partial charge < -0.3 is 14.7 Å². The second-order valence-corrected chi connectivity index (χ2v) is 3.75. The first-order valence-electron chi connectivity index (χ1n) is 5.30. The quantitative estimate of drug-likeness (QED) is 0.453. The summed E-state index contributed by atoms with van der Waals surface area (Å²) >= 11 is 0. The highest BCUT2D eigenvalue weighted by Gasteiger charge is 2.34. The molecule has 0 saturated heterocycles. The van der Waals surface area contributed by atoms with Gasteiger partial charge in [0.1, 0.15) is 24.0 Å². The van der Waals surface area contributed by atoms with Crippen LogP contribution >= 0.6 is 0 Å². The monoisotopic (exact) mass is 227 g/mol. The number of carbonyl (C=O) groups excluding carboxylic acids is 1. The first kappa shape index (κ1) is 12.5. The lowest BCUT2D eigenvalue weighted by atomic mass is 9.95. The molecule has 0 aliphatic carbocycles. The Hall–Kier alpha value is -1.52. The Morgan fingerprint density at radius 2 is 2.19 bits per heavy atom. The molecule has 0 aromatic rings. The lowest BCUT2D eigenvalue weighted by molar-refractivity contribution is -0.147. The van der Waals surface area contributed by atoms with Gasteiger partial charge >= 0.3 is 5.97 Å². The molecule has 1 heterocycles. The van der Waals surface area contributed by atoms with Crippen molar-refractivity contribution in [2.75, 3.05) is 6.61 Å². The fraction of sp³-hybridized carbons (Fsp3) is 0.636. The van der Waals surface area contributed by atoms with Crippen molar-refractivity contribution in [3.8, 4) is 0 Å². The summed E-state index contributed by atoms with van der Waals surface area (Å²) < 4.78 is 5.09. The summed E-state index contributed by atoms with van der Waals surface area (Å²) in [6.45, 7) is 7.33. The number of hydrogen-bond acceptors (Lipinski definition) is 5. The largest absolute Gasteiger partial charge is 0.511 e. The van der Waals surface area contributed by atoms with Crippen molar-refractivity contribution in [1.29, 1.82) is 0 Å². The number of cyclic esters (lactones) is 1. The standard InChI is InChI=1S/C11H17NO4/c1-5-15-12-7(3)9-10(13)6(2)8(4)16-11(9)14/h6,8,13H,5H2,1-4H3. The summed E-state index contributed by atoms with van der Waals surface area (Å²) in [5.74, 6) is -0.756. The lowest BCUT2D eigenvalue weighted by Gasteiger charge is -2.27. The Labute approximate surface area is 94.7 Å². The van der Waals surface area contributed by atoms with Crippen LogP contribution in [0.5, 0.6) is 0 Å². The number of oxime groups is 1. The summed E-state index contributed by atoms with van der Waals surface area (Å²) in [6, 6.07) is 0. The highest BCUT2D eigenvalue weighted by atomic mass is 16.6. The zero-order valence-corrected chi connectivity index (χ0v) is 9.98. The number of aliphatic hydroxyl groups excluding tert-OH is 1. The van der Waals surface area contributed by atoms with Crippen molar-refractivity contribution in [3.63, 3.8) is 0 Å². The number of carbonyl (C=O) groups is 1. The molecule has 5 heteroatoms. The third kappa shape index (κ3) is 2.35. The minimum atomic E-state index is -0.552. The van der Waals surface area contributed by atoms with E-state index in [1.165, 1.54) is 0 Å². The van der Waals surface area contributed by atoms with Gasteiger partial charge in [-0.1, -0.05) is 12.1 Å². The predicted octanol–water partition coefficient (Wildman–Crippen LogP) is 1.79. The van der Waals surface area contributed by atoms with Gasteiger partial charge in [0.05, 0.1) is 11.6 Å². The van der Waals surface area contributed by atoms with Crippen LogP contribution in [0.15, 0.2) is 16.5 Å². The van der Waals surface area contributed by atoms with Crippen LogP contribution in [0.4, 0.5) is 0 Å². The number of esters is 1. The van der Waals surface area contributed by atoms with Crippen LogP contribution in [-0.2, 0) is 14.4 Å². The third-order valence-electron chi connectivity index (χ3n) is 2.58.